The third-order valence-corrected chi connectivity index (χ3v) is 3.93. The van der Waals surface area contributed by atoms with Crippen LogP contribution < -0.4 is 4.74 Å². The summed E-state index contributed by atoms with van der Waals surface area (Å²) >= 11 is 1.56. The lowest BCUT2D eigenvalue weighted by Crippen LogP contribution is -2.38. The summed E-state index contributed by atoms with van der Waals surface area (Å²) in [6.07, 6.45) is 1.33. The van der Waals surface area contributed by atoms with Crippen LogP contribution in [0, 0.1) is 0 Å². The summed E-state index contributed by atoms with van der Waals surface area (Å²) in [5.74, 6) is 0. The molecule has 1 aromatic rings. The SMILES string of the molecule is COc1nc2c(s1)CCN(C(=O)OC(C)(C)C)CC2. The number of fused-ring (bicyclic) bond motifs is 1. The zero-order valence-electron chi connectivity index (χ0n) is 11.9. The number of aromatic nitrogens is 1. The second-order valence-electron chi connectivity index (χ2n) is 5.52. The second kappa shape index (κ2) is 5.36. The Morgan fingerprint density at radius 1 is 1.32 bits per heavy atom. The van der Waals surface area contributed by atoms with Crippen molar-refractivity contribution in [3.63, 3.8) is 0 Å². The average molecular weight is 284 g/mol. The van der Waals surface area contributed by atoms with Crippen molar-refractivity contribution >= 4 is 17.4 Å². The van der Waals surface area contributed by atoms with Crippen LogP contribution in [0.25, 0.3) is 0 Å². The predicted molar refractivity (Wildman–Crippen MR) is 73.9 cm³/mol. The van der Waals surface area contributed by atoms with E-state index in [0.717, 1.165) is 18.5 Å². The third kappa shape index (κ3) is 3.59. The molecule has 0 atom stereocenters. The molecule has 0 N–H and O–H groups in total. The van der Waals surface area contributed by atoms with Crippen LogP contribution in [-0.4, -0.2) is 41.8 Å². The van der Waals surface area contributed by atoms with Crippen LogP contribution in [0.4, 0.5) is 4.79 Å². The first-order chi connectivity index (χ1) is 8.89. The summed E-state index contributed by atoms with van der Waals surface area (Å²) in [5.41, 5.74) is 0.600. The first-order valence-corrected chi connectivity index (χ1v) is 7.21. The van der Waals surface area contributed by atoms with E-state index in [2.05, 4.69) is 4.98 Å². The number of amides is 1. The van der Waals surface area contributed by atoms with Crippen molar-refractivity contribution in [1.29, 1.82) is 0 Å². The van der Waals surface area contributed by atoms with E-state index in [1.807, 2.05) is 20.8 Å². The highest BCUT2D eigenvalue weighted by atomic mass is 32.1. The number of methoxy groups -OCH3 is 1. The molecule has 0 fully saturated rings. The van der Waals surface area contributed by atoms with E-state index in [1.165, 1.54) is 4.88 Å². The van der Waals surface area contributed by atoms with E-state index in [1.54, 1.807) is 23.3 Å². The Morgan fingerprint density at radius 3 is 2.63 bits per heavy atom. The first-order valence-electron chi connectivity index (χ1n) is 6.39. The molecule has 0 aromatic carbocycles. The Balaban J connectivity index is 2.00. The fraction of sp³-hybridized carbons (Fsp3) is 0.692. The molecule has 1 aliphatic rings. The van der Waals surface area contributed by atoms with Gasteiger partial charge in [0.25, 0.3) is 5.19 Å². The Kier molecular flexibility index (Phi) is 3.99. The first kappa shape index (κ1) is 14.1. The van der Waals surface area contributed by atoms with Crippen molar-refractivity contribution in [3.05, 3.63) is 10.6 Å². The maximum atomic E-state index is 12.0. The molecule has 0 unspecified atom stereocenters. The molecule has 19 heavy (non-hydrogen) atoms. The standard InChI is InChI=1S/C13H20N2O3S/c1-13(2,3)18-12(16)15-7-5-9-10(6-8-15)19-11(14-9)17-4/h5-8H2,1-4H3. The van der Waals surface area contributed by atoms with Gasteiger partial charge in [-0.25, -0.2) is 9.78 Å². The number of nitrogens with zero attached hydrogens (tertiary/aromatic N) is 2. The fourth-order valence-electron chi connectivity index (χ4n) is 1.94. The maximum Gasteiger partial charge on any atom is 0.410 e. The van der Waals surface area contributed by atoms with Crippen molar-refractivity contribution in [2.45, 2.75) is 39.2 Å². The van der Waals surface area contributed by atoms with Crippen LogP contribution >= 0.6 is 11.3 Å². The highest BCUT2D eigenvalue weighted by Crippen LogP contribution is 2.28. The van der Waals surface area contributed by atoms with Crippen LogP contribution in [0.3, 0.4) is 0 Å². The molecular weight excluding hydrogens is 264 g/mol. The quantitative estimate of drug-likeness (QED) is 0.795. The number of thiazole rings is 1. The number of hydrogen-bond donors (Lipinski definition) is 0. The van der Waals surface area contributed by atoms with E-state index >= 15 is 0 Å². The van der Waals surface area contributed by atoms with Gasteiger partial charge in [0.1, 0.15) is 5.60 Å². The lowest BCUT2D eigenvalue weighted by Gasteiger charge is -2.26. The molecule has 0 spiro atoms. The predicted octanol–water partition coefficient (Wildman–Crippen LogP) is 2.49. The zero-order chi connectivity index (χ0) is 14.0. The minimum absolute atomic E-state index is 0.241. The Bertz CT molecular complexity index is 439. The Morgan fingerprint density at radius 2 is 2.00 bits per heavy atom. The number of hydrogen-bond acceptors (Lipinski definition) is 5. The molecule has 5 nitrogen and oxygen atoms in total. The van der Waals surface area contributed by atoms with Crippen LogP contribution in [0.15, 0.2) is 0 Å². The van der Waals surface area contributed by atoms with Crippen molar-refractivity contribution in [1.82, 2.24) is 9.88 Å². The third-order valence-electron chi connectivity index (χ3n) is 2.81. The van der Waals surface area contributed by atoms with E-state index in [0.29, 0.717) is 18.3 Å². The van der Waals surface area contributed by atoms with E-state index in [9.17, 15) is 4.79 Å². The van der Waals surface area contributed by atoms with Gasteiger partial charge in [-0.2, -0.15) is 0 Å². The fourth-order valence-corrected chi connectivity index (χ4v) is 2.84. The van der Waals surface area contributed by atoms with Gasteiger partial charge in [-0.05, 0) is 20.8 Å². The highest BCUT2D eigenvalue weighted by Gasteiger charge is 2.25. The topological polar surface area (TPSA) is 51.7 Å². The van der Waals surface area contributed by atoms with Crippen LogP contribution in [0.5, 0.6) is 5.19 Å². The minimum atomic E-state index is -0.449. The molecule has 0 saturated heterocycles. The maximum absolute atomic E-state index is 12.0. The van der Waals surface area contributed by atoms with Gasteiger partial charge in [0.2, 0.25) is 0 Å². The summed E-state index contributed by atoms with van der Waals surface area (Å²) in [6.45, 7) is 6.96. The van der Waals surface area contributed by atoms with E-state index in [4.69, 9.17) is 9.47 Å². The summed E-state index contributed by atoms with van der Waals surface area (Å²) in [6, 6.07) is 0. The van der Waals surface area contributed by atoms with E-state index in [-0.39, 0.29) is 6.09 Å². The minimum Gasteiger partial charge on any atom is -0.473 e. The second-order valence-corrected chi connectivity index (χ2v) is 6.57. The molecule has 6 heteroatoms. The molecule has 0 radical (unpaired) electrons. The van der Waals surface area contributed by atoms with Crippen molar-refractivity contribution < 1.29 is 14.3 Å². The zero-order valence-corrected chi connectivity index (χ0v) is 12.7. The molecule has 1 amide bonds. The summed E-state index contributed by atoms with van der Waals surface area (Å²) in [5, 5.41) is 0.704. The summed E-state index contributed by atoms with van der Waals surface area (Å²) in [7, 11) is 1.63. The van der Waals surface area contributed by atoms with Gasteiger partial charge < -0.3 is 14.4 Å². The van der Waals surface area contributed by atoms with Gasteiger partial charge >= 0.3 is 6.09 Å². The van der Waals surface area contributed by atoms with Crippen LogP contribution in [0.2, 0.25) is 0 Å². The smallest absolute Gasteiger partial charge is 0.410 e. The molecular formula is C13H20N2O3S. The molecule has 1 aliphatic heterocycles. The number of carbonyl (C=O) groups excluding carboxylic acids is 1. The van der Waals surface area contributed by atoms with Crippen molar-refractivity contribution in [3.8, 4) is 5.19 Å². The monoisotopic (exact) mass is 284 g/mol. The highest BCUT2D eigenvalue weighted by molar-refractivity contribution is 7.13. The van der Waals surface area contributed by atoms with Crippen molar-refractivity contribution in [2.24, 2.45) is 0 Å². The van der Waals surface area contributed by atoms with Gasteiger partial charge in [-0.15, -0.1) is 0 Å². The van der Waals surface area contributed by atoms with Gasteiger partial charge in [0.05, 0.1) is 12.8 Å². The molecule has 1 aromatic heterocycles. The molecule has 0 saturated carbocycles. The van der Waals surface area contributed by atoms with Crippen molar-refractivity contribution in [2.75, 3.05) is 20.2 Å². The lowest BCUT2D eigenvalue weighted by atomic mass is 10.2. The van der Waals surface area contributed by atoms with Gasteiger partial charge in [0.15, 0.2) is 0 Å². The molecule has 106 valence electrons. The largest absolute Gasteiger partial charge is 0.473 e. The lowest BCUT2D eigenvalue weighted by molar-refractivity contribution is 0.0258. The molecule has 0 aliphatic carbocycles. The number of ether oxygens (including phenoxy) is 2. The Hall–Kier alpha value is -1.30. The Labute approximate surface area is 117 Å². The van der Waals surface area contributed by atoms with Gasteiger partial charge in [0, 0.05) is 30.8 Å². The van der Waals surface area contributed by atoms with Gasteiger partial charge in [-0.1, -0.05) is 11.3 Å². The molecule has 2 rings (SSSR count). The van der Waals surface area contributed by atoms with E-state index < -0.39 is 5.60 Å². The van der Waals surface area contributed by atoms with Crippen LogP contribution in [-0.2, 0) is 17.6 Å². The number of carbonyl (C=O) groups is 1. The summed E-state index contributed by atoms with van der Waals surface area (Å²) < 4.78 is 10.5. The van der Waals surface area contributed by atoms with Gasteiger partial charge in [-0.3, -0.25) is 0 Å². The number of rotatable bonds is 1. The normalized spacial score (nSPS) is 15.7. The van der Waals surface area contributed by atoms with Crippen LogP contribution in [0.1, 0.15) is 31.3 Å². The molecule has 2 heterocycles. The summed E-state index contributed by atoms with van der Waals surface area (Å²) in [4.78, 5) is 19.4. The molecule has 0 bridgehead atoms. The average Bonchev–Trinajstić information content (AvgIpc) is 2.59.